The van der Waals surface area contributed by atoms with E-state index in [-0.39, 0.29) is 13.1 Å². The normalized spacial score (nSPS) is 20.3. The first-order valence-electron chi connectivity index (χ1n) is 6.91. The molecule has 0 aromatic heterocycles. The van der Waals surface area contributed by atoms with Gasteiger partial charge in [0.25, 0.3) is 10.2 Å². The van der Waals surface area contributed by atoms with Crippen molar-refractivity contribution in [1.82, 2.24) is 9.03 Å². The number of nitrogens with one attached hydrogen (secondary N) is 1. The van der Waals surface area contributed by atoms with Gasteiger partial charge in [0, 0.05) is 19.6 Å². The van der Waals surface area contributed by atoms with Gasteiger partial charge in [-0.2, -0.15) is 17.4 Å². The number of hydrogen-bond donors (Lipinski definition) is 2. The van der Waals surface area contributed by atoms with Crippen molar-refractivity contribution < 1.29 is 18.3 Å². The molecule has 1 unspecified atom stereocenters. The largest absolute Gasteiger partial charge is 0.481 e. The van der Waals surface area contributed by atoms with Crippen LogP contribution in [0.15, 0.2) is 24.3 Å². The van der Waals surface area contributed by atoms with E-state index in [0.29, 0.717) is 19.4 Å². The molecule has 1 aromatic rings. The zero-order valence-corrected chi connectivity index (χ0v) is 12.8. The van der Waals surface area contributed by atoms with Crippen molar-refractivity contribution in [2.45, 2.75) is 26.3 Å². The predicted octanol–water partition coefficient (Wildman–Crippen LogP) is 1.13. The number of carboxylic acid groups (broad SMARTS) is 1. The summed E-state index contributed by atoms with van der Waals surface area (Å²) in [7, 11) is -3.64. The van der Waals surface area contributed by atoms with Crippen LogP contribution in [0.4, 0.5) is 0 Å². The SMILES string of the molecule is Cc1ccc(CNS(=O)(=O)N2CCCC(C(=O)O)C2)cc1. The van der Waals surface area contributed by atoms with E-state index in [1.54, 1.807) is 0 Å². The topological polar surface area (TPSA) is 86.7 Å². The van der Waals surface area contributed by atoms with Gasteiger partial charge in [0.1, 0.15) is 0 Å². The number of carbonyl (C=O) groups is 1. The maximum atomic E-state index is 12.2. The maximum Gasteiger partial charge on any atom is 0.307 e. The van der Waals surface area contributed by atoms with Crippen LogP contribution < -0.4 is 4.72 Å². The molecule has 0 aliphatic carbocycles. The van der Waals surface area contributed by atoms with E-state index in [1.807, 2.05) is 31.2 Å². The van der Waals surface area contributed by atoms with Crippen molar-refractivity contribution in [2.24, 2.45) is 5.92 Å². The Labute approximate surface area is 125 Å². The van der Waals surface area contributed by atoms with Gasteiger partial charge in [-0.25, -0.2) is 0 Å². The lowest BCUT2D eigenvalue weighted by Gasteiger charge is -2.29. The van der Waals surface area contributed by atoms with Gasteiger partial charge in [-0.05, 0) is 25.3 Å². The van der Waals surface area contributed by atoms with Crippen LogP contribution in [0.1, 0.15) is 24.0 Å². The van der Waals surface area contributed by atoms with Crippen LogP contribution in [0.3, 0.4) is 0 Å². The smallest absolute Gasteiger partial charge is 0.307 e. The highest BCUT2D eigenvalue weighted by molar-refractivity contribution is 7.87. The van der Waals surface area contributed by atoms with Crippen molar-refractivity contribution in [3.8, 4) is 0 Å². The Balaban J connectivity index is 1.97. The number of piperidine rings is 1. The van der Waals surface area contributed by atoms with Crippen LogP contribution in [0.25, 0.3) is 0 Å². The van der Waals surface area contributed by atoms with Gasteiger partial charge in [0.05, 0.1) is 5.92 Å². The van der Waals surface area contributed by atoms with E-state index in [1.165, 1.54) is 4.31 Å². The predicted molar refractivity (Wildman–Crippen MR) is 78.9 cm³/mol. The lowest BCUT2D eigenvalue weighted by atomic mass is 10.0. The highest BCUT2D eigenvalue weighted by atomic mass is 32.2. The van der Waals surface area contributed by atoms with Crippen LogP contribution in [0, 0.1) is 12.8 Å². The van der Waals surface area contributed by atoms with Gasteiger partial charge in [0.15, 0.2) is 0 Å². The molecule has 0 saturated carbocycles. The van der Waals surface area contributed by atoms with Crippen LogP contribution in [-0.4, -0.2) is 36.9 Å². The number of hydrogen-bond acceptors (Lipinski definition) is 3. The molecule has 1 heterocycles. The fourth-order valence-electron chi connectivity index (χ4n) is 2.33. The molecule has 0 spiro atoms. The molecule has 1 aliphatic heterocycles. The van der Waals surface area contributed by atoms with Crippen molar-refractivity contribution in [1.29, 1.82) is 0 Å². The first kappa shape index (κ1) is 15.9. The number of carboxylic acids is 1. The van der Waals surface area contributed by atoms with Gasteiger partial charge in [-0.1, -0.05) is 29.8 Å². The summed E-state index contributed by atoms with van der Waals surface area (Å²) < 4.78 is 28.2. The third kappa shape index (κ3) is 4.26. The van der Waals surface area contributed by atoms with Crippen molar-refractivity contribution in [3.05, 3.63) is 35.4 Å². The molecule has 6 nitrogen and oxygen atoms in total. The van der Waals surface area contributed by atoms with Crippen LogP contribution >= 0.6 is 0 Å². The minimum Gasteiger partial charge on any atom is -0.481 e. The first-order valence-corrected chi connectivity index (χ1v) is 8.35. The third-order valence-corrected chi connectivity index (χ3v) is 5.17. The van der Waals surface area contributed by atoms with Crippen LogP contribution in [0.5, 0.6) is 0 Å². The Bertz CT molecular complexity index is 598. The number of benzene rings is 1. The molecule has 1 saturated heterocycles. The fraction of sp³-hybridized carbons (Fsp3) is 0.500. The molecule has 0 bridgehead atoms. The van der Waals surface area contributed by atoms with Gasteiger partial charge in [-0.3, -0.25) is 4.79 Å². The lowest BCUT2D eigenvalue weighted by Crippen LogP contribution is -2.47. The molecule has 1 atom stereocenters. The number of nitrogens with zero attached hydrogens (tertiary/aromatic N) is 1. The lowest BCUT2D eigenvalue weighted by molar-refractivity contribution is -0.142. The van der Waals surface area contributed by atoms with E-state index in [4.69, 9.17) is 5.11 Å². The summed E-state index contributed by atoms with van der Waals surface area (Å²) in [5.41, 5.74) is 1.98. The second-order valence-corrected chi connectivity index (χ2v) is 7.10. The molecule has 1 fully saturated rings. The summed E-state index contributed by atoms with van der Waals surface area (Å²) in [5.74, 6) is -1.55. The Morgan fingerprint density at radius 1 is 1.38 bits per heavy atom. The van der Waals surface area contributed by atoms with E-state index < -0.39 is 22.1 Å². The molecular weight excluding hydrogens is 292 g/mol. The molecule has 1 aliphatic rings. The van der Waals surface area contributed by atoms with Gasteiger partial charge < -0.3 is 5.11 Å². The van der Waals surface area contributed by atoms with Crippen LogP contribution in [0.2, 0.25) is 0 Å². The standard InChI is InChI=1S/C14H20N2O4S/c1-11-4-6-12(7-5-11)9-15-21(19,20)16-8-2-3-13(10-16)14(17)18/h4-7,13,15H,2-3,8-10H2,1H3,(H,17,18). The van der Waals surface area contributed by atoms with E-state index >= 15 is 0 Å². The minimum absolute atomic E-state index is 0.0402. The Kier molecular flexibility index (Phi) is 4.97. The molecule has 7 heteroatoms. The fourth-order valence-corrected chi connectivity index (χ4v) is 3.61. The van der Waals surface area contributed by atoms with E-state index in [2.05, 4.69) is 4.72 Å². The number of aryl methyl sites for hydroxylation is 1. The molecule has 2 N–H and O–H groups in total. The number of rotatable bonds is 5. The Hall–Kier alpha value is -1.44. The molecule has 21 heavy (non-hydrogen) atoms. The average Bonchev–Trinajstić information content (AvgIpc) is 2.47. The summed E-state index contributed by atoms with van der Waals surface area (Å²) in [5, 5.41) is 9.01. The van der Waals surface area contributed by atoms with Crippen LogP contribution in [-0.2, 0) is 21.5 Å². The zero-order valence-electron chi connectivity index (χ0n) is 11.9. The second-order valence-electron chi connectivity index (χ2n) is 5.35. The highest BCUT2D eigenvalue weighted by Gasteiger charge is 2.31. The van der Waals surface area contributed by atoms with E-state index in [0.717, 1.165) is 11.1 Å². The van der Waals surface area contributed by atoms with Gasteiger partial charge in [-0.15, -0.1) is 0 Å². The van der Waals surface area contributed by atoms with Gasteiger partial charge in [0.2, 0.25) is 0 Å². The monoisotopic (exact) mass is 312 g/mol. The average molecular weight is 312 g/mol. The minimum atomic E-state index is -3.64. The summed E-state index contributed by atoms with van der Waals surface area (Å²) in [6, 6.07) is 7.58. The van der Waals surface area contributed by atoms with Crippen molar-refractivity contribution in [3.63, 3.8) is 0 Å². The summed E-state index contributed by atoms with van der Waals surface area (Å²) in [4.78, 5) is 11.0. The quantitative estimate of drug-likeness (QED) is 0.853. The van der Waals surface area contributed by atoms with Crippen molar-refractivity contribution in [2.75, 3.05) is 13.1 Å². The molecule has 0 amide bonds. The highest BCUT2D eigenvalue weighted by Crippen LogP contribution is 2.19. The van der Waals surface area contributed by atoms with Gasteiger partial charge >= 0.3 is 5.97 Å². The van der Waals surface area contributed by atoms with Crippen molar-refractivity contribution >= 4 is 16.2 Å². The summed E-state index contributed by atoms with van der Waals surface area (Å²) in [6.45, 7) is 2.58. The second kappa shape index (κ2) is 6.55. The third-order valence-electron chi connectivity index (χ3n) is 3.65. The first-order chi connectivity index (χ1) is 9.88. The number of aliphatic carboxylic acids is 1. The zero-order chi connectivity index (χ0) is 15.5. The summed E-state index contributed by atoms with van der Waals surface area (Å²) >= 11 is 0. The molecular formula is C14H20N2O4S. The Morgan fingerprint density at radius 2 is 2.05 bits per heavy atom. The molecule has 0 radical (unpaired) electrons. The maximum absolute atomic E-state index is 12.2. The summed E-state index contributed by atoms with van der Waals surface area (Å²) in [6.07, 6.45) is 1.10. The molecule has 1 aromatic carbocycles. The molecule has 116 valence electrons. The Morgan fingerprint density at radius 3 is 2.67 bits per heavy atom. The van der Waals surface area contributed by atoms with E-state index in [9.17, 15) is 13.2 Å². The molecule has 2 rings (SSSR count).